The molecule has 0 radical (unpaired) electrons. The second kappa shape index (κ2) is 18.2. The van der Waals surface area contributed by atoms with Crippen molar-refractivity contribution in [2.75, 3.05) is 27.7 Å². The molecule has 6 nitrogen and oxygen atoms in total. The van der Waals surface area contributed by atoms with Gasteiger partial charge in [0.2, 0.25) is 0 Å². The molecule has 31 heavy (non-hydrogen) atoms. The summed E-state index contributed by atoms with van der Waals surface area (Å²) in [6.45, 7) is 2.65. The standard InChI is InChI=1S/C25H47NO5/c1-5-6-7-8-9-11-14-17-22(27)18-15-12-10-13-16-19-25(30)31-23(20-24(28)29)21-26(2,3)4/h9,11,22-23,27H,5-8,10,12-21H2,1-4H3/b11-9+. The molecule has 182 valence electrons. The quantitative estimate of drug-likeness (QED) is 0.135. The molecule has 0 saturated heterocycles. The maximum atomic E-state index is 12.0. The molecule has 0 aliphatic heterocycles. The van der Waals surface area contributed by atoms with Crippen molar-refractivity contribution in [3.05, 3.63) is 12.2 Å². The first-order chi connectivity index (χ1) is 14.6. The Hall–Kier alpha value is -1.40. The van der Waals surface area contributed by atoms with Gasteiger partial charge in [-0.2, -0.15) is 0 Å². The van der Waals surface area contributed by atoms with Crippen LogP contribution in [-0.2, 0) is 14.3 Å². The van der Waals surface area contributed by atoms with E-state index < -0.39 is 12.1 Å². The zero-order valence-corrected chi connectivity index (χ0v) is 20.4. The number of quaternary nitrogens is 1. The molecule has 0 fully saturated rings. The van der Waals surface area contributed by atoms with Crippen molar-refractivity contribution in [3.8, 4) is 0 Å². The number of allylic oxidation sites excluding steroid dienone is 2. The molecular formula is C25H47NO5. The third kappa shape index (κ3) is 21.6. The number of carboxylic acid groups (broad SMARTS) is 1. The summed E-state index contributed by atoms with van der Waals surface area (Å²) in [5, 5.41) is 20.9. The third-order valence-corrected chi connectivity index (χ3v) is 5.17. The van der Waals surface area contributed by atoms with E-state index in [1.54, 1.807) is 0 Å². The predicted molar refractivity (Wildman–Crippen MR) is 123 cm³/mol. The zero-order chi connectivity index (χ0) is 23.5. The number of esters is 1. The van der Waals surface area contributed by atoms with Gasteiger partial charge in [-0.15, -0.1) is 0 Å². The number of aliphatic hydroxyl groups is 1. The lowest BCUT2D eigenvalue weighted by Gasteiger charge is -2.29. The van der Waals surface area contributed by atoms with E-state index in [-0.39, 0.29) is 18.5 Å². The molecule has 2 unspecified atom stereocenters. The van der Waals surface area contributed by atoms with E-state index in [1.807, 2.05) is 21.1 Å². The molecule has 0 saturated carbocycles. The summed E-state index contributed by atoms with van der Waals surface area (Å²) in [7, 11) is 5.79. The fourth-order valence-corrected chi connectivity index (χ4v) is 3.55. The lowest BCUT2D eigenvalue weighted by molar-refractivity contribution is -0.873. The van der Waals surface area contributed by atoms with Gasteiger partial charge in [-0.25, -0.2) is 0 Å². The predicted octanol–water partition coefficient (Wildman–Crippen LogP) is 3.75. The van der Waals surface area contributed by atoms with E-state index in [4.69, 9.17) is 4.74 Å². The Labute approximate surface area is 190 Å². The number of likely N-dealkylation sites (N-methyl/N-ethyl adjacent to an activating group) is 1. The molecule has 0 spiro atoms. The van der Waals surface area contributed by atoms with Crippen LogP contribution in [0.5, 0.6) is 0 Å². The number of aliphatic carboxylic acids is 1. The Morgan fingerprint density at radius 1 is 0.935 bits per heavy atom. The Morgan fingerprint density at radius 2 is 1.58 bits per heavy atom. The Morgan fingerprint density at radius 3 is 2.23 bits per heavy atom. The minimum absolute atomic E-state index is 0.225. The highest BCUT2D eigenvalue weighted by Crippen LogP contribution is 2.13. The highest BCUT2D eigenvalue weighted by molar-refractivity contribution is 5.70. The normalized spacial score (nSPS) is 14.0. The lowest BCUT2D eigenvalue weighted by atomic mass is 10.0. The number of rotatable bonds is 20. The summed E-state index contributed by atoms with van der Waals surface area (Å²) >= 11 is 0. The largest absolute Gasteiger partial charge is 0.550 e. The van der Waals surface area contributed by atoms with Crippen molar-refractivity contribution < 1.29 is 29.0 Å². The molecule has 0 aliphatic carbocycles. The van der Waals surface area contributed by atoms with Gasteiger partial charge in [-0.05, 0) is 38.5 Å². The van der Waals surface area contributed by atoms with Crippen LogP contribution in [0.4, 0.5) is 0 Å². The van der Waals surface area contributed by atoms with Crippen LogP contribution < -0.4 is 5.11 Å². The second-order valence-electron chi connectivity index (χ2n) is 9.67. The van der Waals surface area contributed by atoms with Gasteiger partial charge < -0.3 is 24.2 Å². The number of ether oxygens (including phenoxy) is 1. The van der Waals surface area contributed by atoms with Crippen LogP contribution >= 0.6 is 0 Å². The molecule has 0 aromatic heterocycles. The Balaban J connectivity index is 3.75. The van der Waals surface area contributed by atoms with Crippen molar-refractivity contribution in [2.45, 2.75) is 109 Å². The number of hydrogen-bond donors (Lipinski definition) is 1. The van der Waals surface area contributed by atoms with Crippen molar-refractivity contribution >= 4 is 11.9 Å². The first-order valence-electron chi connectivity index (χ1n) is 12.2. The first-order valence-corrected chi connectivity index (χ1v) is 12.2. The number of carbonyl (C=O) groups excluding carboxylic acids is 2. The van der Waals surface area contributed by atoms with Gasteiger partial charge in [0, 0.05) is 18.8 Å². The van der Waals surface area contributed by atoms with Gasteiger partial charge in [0.25, 0.3) is 0 Å². The molecule has 0 rings (SSSR count). The van der Waals surface area contributed by atoms with E-state index in [9.17, 15) is 19.8 Å². The number of carbonyl (C=O) groups is 2. The van der Waals surface area contributed by atoms with Gasteiger partial charge in [-0.3, -0.25) is 4.79 Å². The van der Waals surface area contributed by atoms with Gasteiger partial charge in [0.15, 0.2) is 6.10 Å². The van der Waals surface area contributed by atoms with Gasteiger partial charge >= 0.3 is 5.97 Å². The average Bonchev–Trinajstić information content (AvgIpc) is 2.64. The molecule has 0 heterocycles. The van der Waals surface area contributed by atoms with Gasteiger partial charge in [0.1, 0.15) is 6.54 Å². The SMILES string of the molecule is CCCCC/C=C/CCC(O)CCCCCCCC(=O)OC(CC(=O)[O-])C[N+](C)(C)C. The number of aliphatic hydroxyl groups excluding tert-OH is 1. The smallest absolute Gasteiger partial charge is 0.306 e. The number of unbranched alkanes of at least 4 members (excludes halogenated alkanes) is 7. The molecule has 0 amide bonds. The number of hydrogen-bond acceptors (Lipinski definition) is 5. The Kier molecular flexibility index (Phi) is 17.4. The molecule has 6 heteroatoms. The zero-order valence-electron chi connectivity index (χ0n) is 20.4. The Bertz CT molecular complexity index is 499. The summed E-state index contributed by atoms with van der Waals surface area (Å²) in [6, 6.07) is 0. The van der Waals surface area contributed by atoms with E-state index in [0.717, 1.165) is 57.8 Å². The third-order valence-electron chi connectivity index (χ3n) is 5.17. The molecule has 0 aliphatic rings. The molecular weight excluding hydrogens is 394 g/mol. The minimum Gasteiger partial charge on any atom is -0.550 e. The van der Waals surface area contributed by atoms with Crippen molar-refractivity contribution in [3.63, 3.8) is 0 Å². The first kappa shape index (κ1) is 29.6. The van der Waals surface area contributed by atoms with Gasteiger partial charge in [0.05, 0.1) is 27.2 Å². The topological polar surface area (TPSA) is 86.7 Å². The van der Waals surface area contributed by atoms with E-state index in [2.05, 4.69) is 19.1 Å². The van der Waals surface area contributed by atoms with E-state index in [0.29, 0.717) is 17.4 Å². The summed E-state index contributed by atoms with van der Waals surface area (Å²) in [4.78, 5) is 22.9. The van der Waals surface area contributed by atoms with Crippen LogP contribution in [0.15, 0.2) is 12.2 Å². The number of nitrogens with zero attached hydrogens (tertiary/aromatic N) is 1. The van der Waals surface area contributed by atoms with Crippen molar-refractivity contribution in [1.82, 2.24) is 0 Å². The summed E-state index contributed by atoms with van der Waals surface area (Å²) in [5.74, 6) is -1.53. The maximum Gasteiger partial charge on any atom is 0.306 e. The molecule has 2 atom stereocenters. The van der Waals surface area contributed by atoms with Crippen LogP contribution in [0.1, 0.15) is 96.8 Å². The van der Waals surface area contributed by atoms with Crippen LogP contribution in [-0.4, -0.2) is 61.4 Å². The summed E-state index contributed by atoms with van der Waals surface area (Å²) in [5.41, 5.74) is 0. The maximum absolute atomic E-state index is 12.0. The fraction of sp³-hybridized carbons (Fsp3) is 0.840. The molecule has 0 aromatic rings. The summed E-state index contributed by atoms with van der Waals surface area (Å²) in [6.07, 6.45) is 15.9. The highest BCUT2D eigenvalue weighted by atomic mass is 16.5. The van der Waals surface area contributed by atoms with Crippen LogP contribution in [0.3, 0.4) is 0 Å². The molecule has 0 aromatic carbocycles. The van der Waals surface area contributed by atoms with Crippen molar-refractivity contribution in [1.29, 1.82) is 0 Å². The second-order valence-corrected chi connectivity index (χ2v) is 9.67. The average molecular weight is 442 g/mol. The minimum atomic E-state index is -1.20. The van der Waals surface area contributed by atoms with Crippen LogP contribution in [0, 0.1) is 0 Å². The fourth-order valence-electron chi connectivity index (χ4n) is 3.55. The van der Waals surface area contributed by atoms with Gasteiger partial charge in [-0.1, -0.05) is 57.6 Å². The van der Waals surface area contributed by atoms with E-state index in [1.165, 1.54) is 19.3 Å². The van der Waals surface area contributed by atoms with Crippen molar-refractivity contribution in [2.24, 2.45) is 0 Å². The van der Waals surface area contributed by atoms with Crippen LogP contribution in [0.2, 0.25) is 0 Å². The monoisotopic (exact) mass is 441 g/mol. The lowest BCUT2D eigenvalue weighted by Crippen LogP contribution is -2.45. The van der Waals surface area contributed by atoms with E-state index >= 15 is 0 Å². The highest BCUT2D eigenvalue weighted by Gasteiger charge is 2.22. The number of carboxylic acids is 1. The summed E-state index contributed by atoms with van der Waals surface area (Å²) < 4.78 is 5.88. The van der Waals surface area contributed by atoms with Crippen LogP contribution in [0.25, 0.3) is 0 Å². The molecule has 0 bridgehead atoms. The molecule has 1 N–H and O–H groups in total.